The quantitative estimate of drug-likeness (QED) is 0.0846. The second-order valence-corrected chi connectivity index (χ2v) is 16.6. The summed E-state index contributed by atoms with van der Waals surface area (Å²) < 4.78 is 45.1. The molecular formula is C42H50N8O7S. The number of nitrogens with two attached hydrogens (primary N) is 1. The van der Waals surface area contributed by atoms with Crippen LogP contribution in [0.3, 0.4) is 0 Å². The number of carbonyl (C=O) groups is 2. The highest BCUT2D eigenvalue weighted by atomic mass is 32.2. The van der Waals surface area contributed by atoms with E-state index in [0.29, 0.717) is 57.3 Å². The predicted molar refractivity (Wildman–Crippen MR) is 228 cm³/mol. The second-order valence-electron chi connectivity index (χ2n) is 14.9. The Labute approximate surface area is 338 Å². The molecule has 2 heterocycles. The Kier molecular flexibility index (Phi) is 12.6. The molecule has 6 N–H and O–H groups in total. The number of hydrogen-bond donors (Lipinski definition) is 5. The van der Waals surface area contributed by atoms with Crippen molar-refractivity contribution < 1.29 is 32.2 Å². The third kappa shape index (κ3) is 9.88. The van der Waals surface area contributed by atoms with Crippen LogP contribution in [0.25, 0.3) is 10.8 Å². The summed E-state index contributed by atoms with van der Waals surface area (Å²) in [7, 11) is -0.796. The molecule has 0 spiro atoms. The number of hydrogen-bond acceptors (Lipinski definition) is 11. The molecule has 5 aromatic rings. The molecule has 1 saturated heterocycles. The lowest BCUT2D eigenvalue weighted by atomic mass is 9.86. The van der Waals surface area contributed by atoms with Crippen molar-refractivity contribution in [2.75, 3.05) is 74.7 Å². The highest BCUT2D eigenvalue weighted by Crippen LogP contribution is 2.46. The predicted octanol–water partition coefficient (Wildman–Crippen LogP) is 6.31. The molecule has 0 bridgehead atoms. The van der Waals surface area contributed by atoms with Crippen molar-refractivity contribution >= 4 is 61.3 Å². The summed E-state index contributed by atoms with van der Waals surface area (Å²) in [4.78, 5) is 34.5. The number of sulfonamides is 1. The van der Waals surface area contributed by atoms with Crippen LogP contribution in [-0.2, 0) is 15.4 Å². The third-order valence-electron chi connectivity index (χ3n) is 9.60. The molecule has 6 rings (SSSR count). The smallest absolute Gasteiger partial charge is 0.324 e. The van der Waals surface area contributed by atoms with Crippen molar-refractivity contribution in [3.8, 4) is 23.0 Å². The van der Waals surface area contributed by atoms with Crippen LogP contribution in [0, 0.1) is 0 Å². The highest BCUT2D eigenvalue weighted by molar-refractivity contribution is 7.92. The lowest BCUT2D eigenvalue weighted by Crippen LogP contribution is -2.46. The molecule has 15 nitrogen and oxygen atoms in total. The van der Waals surface area contributed by atoms with Gasteiger partial charge in [0.05, 0.1) is 43.1 Å². The van der Waals surface area contributed by atoms with Crippen molar-refractivity contribution in [2.45, 2.75) is 26.2 Å². The number of methoxy groups -OCH3 is 2. The lowest BCUT2D eigenvalue weighted by Gasteiger charge is -2.29. The molecule has 0 radical (unpaired) electrons. The van der Waals surface area contributed by atoms with Crippen molar-refractivity contribution in [1.82, 2.24) is 20.5 Å². The van der Waals surface area contributed by atoms with Crippen LogP contribution in [0.2, 0.25) is 0 Å². The first-order valence-electron chi connectivity index (χ1n) is 18.8. The number of primary amides is 1. The minimum absolute atomic E-state index is 0.121. The molecule has 0 saturated carbocycles. The van der Waals surface area contributed by atoms with Crippen LogP contribution in [0.4, 0.5) is 33.4 Å². The van der Waals surface area contributed by atoms with E-state index in [0.717, 1.165) is 44.5 Å². The number of urea groups is 1. The van der Waals surface area contributed by atoms with Crippen molar-refractivity contribution in [2.24, 2.45) is 5.73 Å². The number of pyridine rings is 1. The standard InChI is InChI=1S/C42H50N8O7S/c1-42(2,3)27-23-33(48-58(6,53)54)39(56-5)35(24-27)50(41(43)52)34-13-14-36(31-10-8-7-9-30(31)34)57-29-15-16-45-38(26-29)47-28-11-12-32(37(25-28)55-4)40(51)46-19-22-49-20-17-44-18-21-49/h7-16,23-26,44,48H,17-22H2,1-6H3,(H2,43,52)(H,45,47)(H,46,51). The fourth-order valence-electron chi connectivity index (χ4n) is 6.74. The minimum atomic E-state index is -3.72. The van der Waals surface area contributed by atoms with Crippen LogP contribution in [0.1, 0.15) is 36.7 Å². The van der Waals surface area contributed by atoms with Crippen molar-refractivity contribution in [3.63, 3.8) is 0 Å². The van der Waals surface area contributed by atoms with Gasteiger partial charge in [0.15, 0.2) is 5.75 Å². The van der Waals surface area contributed by atoms with Crippen LogP contribution >= 0.6 is 0 Å². The molecule has 58 heavy (non-hydrogen) atoms. The summed E-state index contributed by atoms with van der Waals surface area (Å²) in [5, 5.41) is 10.9. The van der Waals surface area contributed by atoms with E-state index in [1.165, 1.54) is 19.1 Å². The Balaban J connectivity index is 1.26. The van der Waals surface area contributed by atoms with Gasteiger partial charge in [-0.15, -0.1) is 0 Å². The number of anilines is 5. The molecule has 1 fully saturated rings. The Morgan fingerprint density at radius 1 is 0.914 bits per heavy atom. The third-order valence-corrected chi connectivity index (χ3v) is 10.2. The van der Waals surface area contributed by atoms with Gasteiger partial charge < -0.3 is 35.9 Å². The van der Waals surface area contributed by atoms with Gasteiger partial charge in [0.1, 0.15) is 23.1 Å². The molecule has 0 unspecified atom stereocenters. The molecule has 306 valence electrons. The number of piperazine rings is 1. The zero-order chi connectivity index (χ0) is 41.6. The SMILES string of the molecule is COc1cc(Nc2cc(Oc3ccc(N(C(N)=O)c4cc(C(C)(C)C)cc(NS(C)(=O)=O)c4OC)c4ccccc34)ccn2)ccc1C(=O)NCCN1CCNCC1. The fourth-order valence-corrected chi connectivity index (χ4v) is 7.29. The van der Waals surface area contributed by atoms with Crippen LogP contribution in [-0.4, -0.2) is 90.0 Å². The summed E-state index contributed by atoms with van der Waals surface area (Å²) in [6, 6.07) is 22.2. The van der Waals surface area contributed by atoms with Gasteiger partial charge in [0.25, 0.3) is 5.91 Å². The van der Waals surface area contributed by atoms with Crippen LogP contribution in [0.15, 0.2) is 85.1 Å². The Bertz CT molecular complexity index is 2410. The molecule has 0 atom stereocenters. The van der Waals surface area contributed by atoms with E-state index in [2.05, 4.69) is 30.6 Å². The maximum atomic E-state index is 13.4. The Hall–Kier alpha value is -6.10. The number of carbonyl (C=O) groups excluding carboxylic acids is 2. The zero-order valence-corrected chi connectivity index (χ0v) is 34.3. The molecule has 1 aromatic heterocycles. The summed E-state index contributed by atoms with van der Waals surface area (Å²) in [6.07, 6.45) is 2.65. The number of aromatic nitrogens is 1. The monoisotopic (exact) mass is 810 g/mol. The zero-order valence-electron chi connectivity index (χ0n) is 33.5. The second kappa shape index (κ2) is 17.6. The molecule has 16 heteroatoms. The van der Waals surface area contributed by atoms with Crippen molar-refractivity contribution in [1.29, 1.82) is 0 Å². The first-order chi connectivity index (χ1) is 27.6. The fraction of sp³-hybridized carbons (Fsp3) is 0.310. The minimum Gasteiger partial charge on any atom is -0.496 e. The largest absolute Gasteiger partial charge is 0.496 e. The number of ether oxygens (including phenoxy) is 3. The number of nitrogens with zero attached hydrogens (tertiary/aromatic N) is 3. The van der Waals surface area contributed by atoms with E-state index >= 15 is 0 Å². The molecule has 4 aromatic carbocycles. The van der Waals surface area contributed by atoms with Gasteiger partial charge in [0.2, 0.25) is 10.0 Å². The summed E-state index contributed by atoms with van der Waals surface area (Å²) in [5.41, 5.74) is 8.33. The average molecular weight is 811 g/mol. The summed E-state index contributed by atoms with van der Waals surface area (Å²) in [6.45, 7) is 11.0. The first kappa shape index (κ1) is 41.5. The van der Waals surface area contributed by atoms with E-state index in [1.54, 1.807) is 60.8 Å². The number of rotatable bonds is 14. The molecule has 0 aliphatic carbocycles. The Morgan fingerprint density at radius 3 is 2.33 bits per heavy atom. The Morgan fingerprint density at radius 2 is 1.66 bits per heavy atom. The van der Waals surface area contributed by atoms with Gasteiger partial charge in [-0.3, -0.25) is 19.3 Å². The summed E-state index contributed by atoms with van der Waals surface area (Å²) in [5.74, 6) is 1.78. The molecule has 3 amide bonds. The van der Waals surface area contributed by atoms with E-state index in [1.807, 2.05) is 45.0 Å². The average Bonchev–Trinajstić information content (AvgIpc) is 3.18. The highest BCUT2D eigenvalue weighted by Gasteiger charge is 2.28. The van der Waals surface area contributed by atoms with Gasteiger partial charge in [0, 0.05) is 74.1 Å². The first-order valence-corrected chi connectivity index (χ1v) is 20.7. The maximum Gasteiger partial charge on any atom is 0.324 e. The number of nitrogens with one attached hydrogen (secondary N) is 4. The van der Waals surface area contributed by atoms with E-state index in [9.17, 15) is 18.0 Å². The van der Waals surface area contributed by atoms with Crippen LogP contribution < -0.4 is 45.5 Å². The molecular weight excluding hydrogens is 761 g/mol. The van der Waals surface area contributed by atoms with E-state index < -0.39 is 21.5 Å². The summed E-state index contributed by atoms with van der Waals surface area (Å²) >= 11 is 0. The van der Waals surface area contributed by atoms with E-state index in [-0.39, 0.29) is 23.0 Å². The van der Waals surface area contributed by atoms with Gasteiger partial charge in [-0.05, 0) is 53.4 Å². The molecule has 1 aliphatic heterocycles. The van der Waals surface area contributed by atoms with E-state index in [4.69, 9.17) is 19.9 Å². The number of fused-ring (bicyclic) bond motifs is 1. The van der Waals surface area contributed by atoms with Gasteiger partial charge in [-0.25, -0.2) is 18.2 Å². The van der Waals surface area contributed by atoms with Crippen LogP contribution in [0.5, 0.6) is 23.0 Å². The number of benzene rings is 4. The molecule has 1 aliphatic rings. The normalized spacial score (nSPS) is 13.4. The van der Waals surface area contributed by atoms with Crippen molar-refractivity contribution in [3.05, 3.63) is 96.2 Å². The van der Waals surface area contributed by atoms with Gasteiger partial charge >= 0.3 is 6.03 Å². The van der Waals surface area contributed by atoms with Gasteiger partial charge in [-0.2, -0.15) is 0 Å². The topological polar surface area (TPSA) is 189 Å². The van der Waals surface area contributed by atoms with Gasteiger partial charge in [-0.1, -0.05) is 45.0 Å². The lowest BCUT2D eigenvalue weighted by molar-refractivity contribution is 0.0944. The number of amides is 3. The maximum absolute atomic E-state index is 13.4.